The molecule has 1 aromatic heterocycles. The number of nitrogens with two attached hydrogens (primary N) is 1. The SMILES string of the molecule is CCn1nc(C)c(Cl)c1COc1cccc(C(N)=NO)c1. The maximum atomic E-state index is 8.69. The summed E-state index contributed by atoms with van der Waals surface area (Å²) < 4.78 is 7.54. The summed E-state index contributed by atoms with van der Waals surface area (Å²) in [5.74, 6) is 0.643. The second-order valence-corrected chi connectivity index (χ2v) is 4.84. The lowest BCUT2D eigenvalue weighted by Crippen LogP contribution is -2.13. The number of aromatic nitrogens is 2. The van der Waals surface area contributed by atoms with Gasteiger partial charge in [-0.2, -0.15) is 5.10 Å². The molecule has 0 aliphatic heterocycles. The minimum atomic E-state index is 0.0351. The number of ether oxygens (including phenoxy) is 1. The van der Waals surface area contributed by atoms with E-state index in [4.69, 9.17) is 27.3 Å². The van der Waals surface area contributed by atoms with Crippen LogP contribution >= 0.6 is 11.6 Å². The third-order valence-electron chi connectivity index (χ3n) is 3.07. The van der Waals surface area contributed by atoms with Crippen molar-refractivity contribution in [3.63, 3.8) is 0 Å². The van der Waals surface area contributed by atoms with Crippen LogP contribution < -0.4 is 10.5 Å². The van der Waals surface area contributed by atoms with Gasteiger partial charge in [-0.25, -0.2) is 0 Å². The van der Waals surface area contributed by atoms with E-state index in [1.165, 1.54) is 0 Å². The Labute approximate surface area is 127 Å². The molecule has 2 rings (SSSR count). The van der Waals surface area contributed by atoms with Crippen molar-refractivity contribution < 1.29 is 9.94 Å². The second kappa shape index (κ2) is 6.49. The summed E-state index contributed by atoms with van der Waals surface area (Å²) in [7, 11) is 0. The van der Waals surface area contributed by atoms with Crippen molar-refractivity contribution in [3.05, 3.63) is 46.2 Å². The number of halogens is 1. The average molecular weight is 309 g/mol. The lowest BCUT2D eigenvalue weighted by Gasteiger charge is -2.09. The molecule has 0 saturated carbocycles. The molecule has 0 amide bonds. The second-order valence-electron chi connectivity index (χ2n) is 4.46. The monoisotopic (exact) mass is 308 g/mol. The predicted octanol–water partition coefficient (Wildman–Crippen LogP) is 2.54. The maximum absolute atomic E-state index is 8.69. The molecule has 21 heavy (non-hydrogen) atoms. The fraction of sp³-hybridized carbons (Fsp3) is 0.286. The number of oxime groups is 1. The van der Waals surface area contributed by atoms with Gasteiger partial charge >= 0.3 is 0 Å². The number of benzene rings is 1. The number of aryl methyl sites for hydroxylation is 2. The van der Waals surface area contributed by atoms with Crippen LogP contribution in [0.5, 0.6) is 5.75 Å². The molecule has 0 saturated heterocycles. The highest BCUT2D eigenvalue weighted by Gasteiger charge is 2.13. The Morgan fingerprint density at radius 2 is 2.29 bits per heavy atom. The Morgan fingerprint density at radius 1 is 1.52 bits per heavy atom. The summed E-state index contributed by atoms with van der Waals surface area (Å²) in [5, 5.41) is 16.6. The van der Waals surface area contributed by atoms with E-state index in [2.05, 4.69) is 10.3 Å². The van der Waals surface area contributed by atoms with E-state index in [9.17, 15) is 0 Å². The van der Waals surface area contributed by atoms with Crippen LogP contribution in [0.3, 0.4) is 0 Å². The van der Waals surface area contributed by atoms with Crippen LogP contribution in [0.2, 0.25) is 5.02 Å². The number of hydrogen-bond donors (Lipinski definition) is 2. The maximum Gasteiger partial charge on any atom is 0.170 e. The Balaban J connectivity index is 2.17. The molecule has 112 valence electrons. The minimum absolute atomic E-state index is 0.0351. The number of rotatable bonds is 5. The highest BCUT2D eigenvalue weighted by molar-refractivity contribution is 6.31. The molecule has 7 heteroatoms. The number of hydrogen-bond acceptors (Lipinski definition) is 4. The zero-order chi connectivity index (χ0) is 15.4. The Bertz CT molecular complexity index is 667. The molecular formula is C14H17ClN4O2. The van der Waals surface area contributed by atoms with Crippen LogP contribution in [0.25, 0.3) is 0 Å². The number of amidine groups is 1. The van der Waals surface area contributed by atoms with Gasteiger partial charge in [-0.3, -0.25) is 4.68 Å². The molecule has 0 radical (unpaired) electrons. The lowest BCUT2D eigenvalue weighted by molar-refractivity contribution is 0.292. The zero-order valence-electron chi connectivity index (χ0n) is 11.9. The van der Waals surface area contributed by atoms with E-state index in [-0.39, 0.29) is 5.84 Å². The third-order valence-corrected chi connectivity index (χ3v) is 3.56. The van der Waals surface area contributed by atoms with Gasteiger partial charge in [0, 0.05) is 12.1 Å². The van der Waals surface area contributed by atoms with Gasteiger partial charge in [-0.05, 0) is 26.0 Å². The van der Waals surface area contributed by atoms with E-state index in [1.807, 2.05) is 18.5 Å². The molecule has 0 atom stereocenters. The summed E-state index contributed by atoms with van der Waals surface area (Å²) in [6.07, 6.45) is 0. The largest absolute Gasteiger partial charge is 0.487 e. The van der Waals surface area contributed by atoms with Gasteiger partial charge in [0.2, 0.25) is 0 Å². The van der Waals surface area contributed by atoms with Crippen molar-refractivity contribution in [2.75, 3.05) is 0 Å². The first-order valence-electron chi connectivity index (χ1n) is 6.49. The first-order valence-corrected chi connectivity index (χ1v) is 6.87. The van der Waals surface area contributed by atoms with E-state index < -0.39 is 0 Å². The molecule has 1 aromatic carbocycles. The van der Waals surface area contributed by atoms with Crippen LogP contribution in [0.4, 0.5) is 0 Å². The summed E-state index contributed by atoms with van der Waals surface area (Å²) in [5.41, 5.74) is 7.74. The van der Waals surface area contributed by atoms with Crippen LogP contribution in [0.1, 0.15) is 23.9 Å². The Kier molecular flexibility index (Phi) is 4.70. The molecule has 6 nitrogen and oxygen atoms in total. The van der Waals surface area contributed by atoms with Gasteiger partial charge in [-0.15, -0.1) is 0 Å². The highest BCUT2D eigenvalue weighted by atomic mass is 35.5. The minimum Gasteiger partial charge on any atom is -0.487 e. The van der Waals surface area contributed by atoms with Crippen molar-refractivity contribution in [3.8, 4) is 5.75 Å². The van der Waals surface area contributed by atoms with Crippen molar-refractivity contribution >= 4 is 17.4 Å². The van der Waals surface area contributed by atoms with E-state index >= 15 is 0 Å². The quantitative estimate of drug-likeness (QED) is 0.385. The van der Waals surface area contributed by atoms with Crippen molar-refractivity contribution in [1.29, 1.82) is 0 Å². The summed E-state index contributed by atoms with van der Waals surface area (Å²) in [6.45, 7) is 4.87. The van der Waals surface area contributed by atoms with Gasteiger partial charge in [0.1, 0.15) is 12.4 Å². The molecule has 0 aliphatic carbocycles. The molecule has 0 spiro atoms. The molecule has 0 unspecified atom stereocenters. The van der Waals surface area contributed by atoms with Crippen molar-refractivity contribution in [2.45, 2.75) is 27.0 Å². The number of nitrogens with zero attached hydrogens (tertiary/aromatic N) is 3. The molecule has 0 fully saturated rings. The normalized spacial score (nSPS) is 11.7. The topological polar surface area (TPSA) is 85.7 Å². The van der Waals surface area contributed by atoms with Gasteiger partial charge < -0.3 is 15.7 Å². The molecule has 3 N–H and O–H groups in total. The standard InChI is InChI=1S/C14H17ClN4O2/c1-3-19-12(13(15)9(2)17-19)8-21-11-6-4-5-10(7-11)14(16)18-20/h4-7,20H,3,8H2,1-2H3,(H2,16,18). The summed E-state index contributed by atoms with van der Waals surface area (Å²) in [6, 6.07) is 6.99. The van der Waals surface area contributed by atoms with Gasteiger partial charge in [-0.1, -0.05) is 28.9 Å². The van der Waals surface area contributed by atoms with Crippen LogP contribution in [0.15, 0.2) is 29.4 Å². The van der Waals surface area contributed by atoms with Crippen LogP contribution in [-0.4, -0.2) is 20.8 Å². The van der Waals surface area contributed by atoms with Crippen molar-refractivity contribution in [2.24, 2.45) is 10.9 Å². The first-order chi connectivity index (χ1) is 10.1. The molecular weight excluding hydrogens is 292 g/mol. The van der Waals surface area contributed by atoms with E-state index in [1.54, 1.807) is 24.3 Å². The smallest absolute Gasteiger partial charge is 0.170 e. The summed E-state index contributed by atoms with van der Waals surface area (Å²) >= 11 is 6.23. The molecule has 0 aliphatic rings. The average Bonchev–Trinajstić information content (AvgIpc) is 2.79. The lowest BCUT2D eigenvalue weighted by atomic mass is 10.2. The third kappa shape index (κ3) is 3.28. The van der Waals surface area contributed by atoms with Gasteiger partial charge in [0.25, 0.3) is 0 Å². The Morgan fingerprint density at radius 3 is 2.95 bits per heavy atom. The fourth-order valence-electron chi connectivity index (χ4n) is 1.96. The first kappa shape index (κ1) is 15.2. The molecule has 2 aromatic rings. The molecule has 1 heterocycles. The molecule has 0 bridgehead atoms. The Hall–Kier alpha value is -2.21. The zero-order valence-corrected chi connectivity index (χ0v) is 12.6. The van der Waals surface area contributed by atoms with Gasteiger partial charge in [0.05, 0.1) is 16.4 Å². The van der Waals surface area contributed by atoms with E-state index in [0.29, 0.717) is 22.9 Å². The van der Waals surface area contributed by atoms with Crippen LogP contribution in [0, 0.1) is 6.92 Å². The van der Waals surface area contributed by atoms with Crippen LogP contribution in [-0.2, 0) is 13.2 Å². The van der Waals surface area contributed by atoms with Gasteiger partial charge in [0.15, 0.2) is 5.84 Å². The van der Waals surface area contributed by atoms with E-state index in [0.717, 1.165) is 17.9 Å². The predicted molar refractivity (Wildman–Crippen MR) is 80.9 cm³/mol. The fourth-order valence-corrected chi connectivity index (χ4v) is 2.15. The summed E-state index contributed by atoms with van der Waals surface area (Å²) in [4.78, 5) is 0. The van der Waals surface area contributed by atoms with Crippen molar-refractivity contribution in [1.82, 2.24) is 9.78 Å². The highest BCUT2D eigenvalue weighted by Crippen LogP contribution is 2.22.